The fourth-order valence-electron chi connectivity index (χ4n) is 4.13. The van der Waals surface area contributed by atoms with Gasteiger partial charge in [0.25, 0.3) is 5.56 Å². The predicted molar refractivity (Wildman–Crippen MR) is 142 cm³/mol. The van der Waals surface area contributed by atoms with Gasteiger partial charge in [0.15, 0.2) is 16.3 Å². The maximum atomic E-state index is 13.8. The largest absolute Gasteiger partial charge is 0.497 e. The molecular weight excluding hydrogens is 508 g/mol. The van der Waals surface area contributed by atoms with Crippen LogP contribution in [0.3, 0.4) is 0 Å². The second-order valence-corrected chi connectivity index (χ2v) is 9.82. The van der Waals surface area contributed by atoms with E-state index in [4.69, 9.17) is 18.9 Å². The van der Waals surface area contributed by atoms with Gasteiger partial charge in [-0.3, -0.25) is 14.2 Å². The molecule has 0 fully saturated rings. The van der Waals surface area contributed by atoms with E-state index in [2.05, 4.69) is 4.99 Å². The minimum Gasteiger partial charge on any atom is -0.497 e. The van der Waals surface area contributed by atoms with Crippen molar-refractivity contribution in [1.29, 1.82) is 0 Å². The zero-order chi connectivity index (χ0) is 27.6. The highest BCUT2D eigenvalue weighted by molar-refractivity contribution is 7.07. The normalized spacial score (nSPS) is 15.1. The number of ether oxygens (including phenoxy) is 4. The summed E-state index contributed by atoms with van der Waals surface area (Å²) in [4.78, 5) is 43.4. The summed E-state index contributed by atoms with van der Waals surface area (Å²) in [5.41, 5.74) is 1.86. The molecule has 0 saturated heterocycles. The Morgan fingerprint density at radius 2 is 1.76 bits per heavy atom. The summed E-state index contributed by atoms with van der Waals surface area (Å²) in [6, 6.07) is 11.5. The van der Waals surface area contributed by atoms with E-state index >= 15 is 0 Å². The van der Waals surface area contributed by atoms with E-state index in [0.717, 1.165) is 5.56 Å². The van der Waals surface area contributed by atoms with E-state index in [9.17, 15) is 14.4 Å². The summed E-state index contributed by atoms with van der Waals surface area (Å²) in [5.74, 6) is 0.293. The molecule has 9 nitrogen and oxygen atoms in total. The molecule has 38 heavy (non-hydrogen) atoms. The first-order valence-corrected chi connectivity index (χ1v) is 12.7. The third-order valence-electron chi connectivity index (χ3n) is 5.76. The summed E-state index contributed by atoms with van der Waals surface area (Å²) in [5, 5.41) is 0. The van der Waals surface area contributed by atoms with Gasteiger partial charge in [0.2, 0.25) is 0 Å². The molecule has 1 aromatic heterocycles. The molecule has 3 aromatic rings. The zero-order valence-corrected chi connectivity index (χ0v) is 22.8. The van der Waals surface area contributed by atoms with Crippen LogP contribution >= 0.6 is 11.3 Å². The Morgan fingerprint density at radius 3 is 2.37 bits per heavy atom. The monoisotopic (exact) mass is 536 g/mol. The molecule has 0 N–H and O–H groups in total. The lowest BCUT2D eigenvalue weighted by Gasteiger charge is -2.25. The quantitative estimate of drug-likeness (QED) is 0.337. The van der Waals surface area contributed by atoms with E-state index in [1.807, 2.05) is 12.1 Å². The van der Waals surface area contributed by atoms with Crippen molar-refractivity contribution >= 4 is 29.4 Å². The summed E-state index contributed by atoms with van der Waals surface area (Å²) in [6.45, 7) is 6.59. The number of benzene rings is 2. The SMILES string of the molecule is COc1ccc([C@H]2C(C(=O)OC(C)C)=C(C)N=c3s/c(=C/c4ccc(OC(C)=O)c(OC)c4)c(=O)n32)cc1. The molecule has 0 unspecified atom stereocenters. The number of carbonyl (C=O) groups is 2. The first-order valence-electron chi connectivity index (χ1n) is 11.9. The van der Waals surface area contributed by atoms with Gasteiger partial charge in [-0.25, -0.2) is 9.79 Å². The van der Waals surface area contributed by atoms with Gasteiger partial charge in [-0.15, -0.1) is 0 Å². The molecule has 10 heteroatoms. The Balaban J connectivity index is 1.88. The number of fused-ring (bicyclic) bond motifs is 1. The number of aromatic nitrogens is 1. The van der Waals surface area contributed by atoms with Crippen molar-refractivity contribution in [3.8, 4) is 17.2 Å². The number of methoxy groups -OCH3 is 2. The maximum Gasteiger partial charge on any atom is 0.338 e. The molecule has 0 radical (unpaired) electrons. The highest BCUT2D eigenvalue weighted by Gasteiger charge is 2.33. The highest BCUT2D eigenvalue weighted by Crippen LogP contribution is 2.32. The van der Waals surface area contributed by atoms with Gasteiger partial charge < -0.3 is 18.9 Å². The molecule has 198 valence electrons. The van der Waals surface area contributed by atoms with Gasteiger partial charge >= 0.3 is 11.9 Å². The lowest BCUT2D eigenvalue weighted by molar-refractivity contribution is -0.143. The number of esters is 2. The molecule has 0 amide bonds. The van der Waals surface area contributed by atoms with E-state index in [-0.39, 0.29) is 17.4 Å². The molecule has 2 heterocycles. The summed E-state index contributed by atoms with van der Waals surface area (Å²) < 4.78 is 23.3. The average molecular weight is 537 g/mol. The Bertz CT molecular complexity index is 1600. The molecule has 0 aliphatic carbocycles. The van der Waals surface area contributed by atoms with Crippen LogP contribution in [-0.4, -0.2) is 36.8 Å². The average Bonchev–Trinajstić information content (AvgIpc) is 3.17. The van der Waals surface area contributed by atoms with Crippen LogP contribution in [0.5, 0.6) is 17.2 Å². The Morgan fingerprint density at radius 1 is 1.05 bits per heavy atom. The molecule has 1 aliphatic heterocycles. The Labute approximate surface area is 223 Å². The second kappa shape index (κ2) is 11.1. The van der Waals surface area contributed by atoms with Gasteiger partial charge in [0.05, 0.1) is 42.2 Å². The standard InChI is InChI=1S/C28H28N2O7S/c1-15(2)36-27(33)24-16(3)29-28-30(25(24)19-8-10-20(34-5)11-9-19)26(32)23(38-28)14-18-7-12-21(37-17(4)31)22(13-18)35-6/h7-15,25H,1-6H3/b23-14+/t25-/m0/s1. The number of carbonyl (C=O) groups excluding carboxylic acids is 2. The molecule has 2 aromatic carbocycles. The molecular formula is C28H28N2O7S. The summed E-state index contributed by atoms with van der Waals surface area (Å²) in [7, 11) is 3.04. The van der Waals surface area contributed by atoms with E-state index in [1.54, 1.807) is 64.3 Å². The fraction of sp³-hybridized carbons (Fsp3) is 0.286. The Hall–Kier alpha value is -4.18. The van der Waals surface area contributed by atoms with Crippen LogP contribution in [0.15, 0.2) is 63.5 Å². The molecule has 0 saturated carbocycles. The van der Waals surface area contributed by atoms with Crippen LogP contribution in [0.4, 0.5) is 0 Å². The number of rotatable bonds is 7. The molecule has 1 atom stereocenters. The van der Waals surface area contributed by atoms with Crippen molar-refractivity contribution in [2.24, 2.45) is 4.99 Å². The summed E-state index contributed by atoms with van der Waals surface area (Å²) in [6.07, 6.45) is 1.37. The lowest BCUT2D eigenvalue weighted by atomic mass is 9.96. The van der Waals surface area contributed by atoms with Crippen molar-refractivity contribution in [1.82, 2.24) is 4.57 Å². The molecule has 1 aliphatic rings. The lowest BCUT2D eigenvalue weighted by Crippen LogP contribution is -2.40. The number of nitrogens with zero attached hydrogens (tertiary/aromatic N) is 2. The first-order chi connectivity index (χ1) is 18.1. The molecule has 0 spiro atoms. The topological polar surface area (TPSA) is 105 Å². The van der Waals surface area contributed by atoms with Crippen molar-refractivity contribution in [2.75, 3.05) is 14.2 Å². The van der Waals surface area contributed by atoms with Gasteiger partial charge in [0.1, 0.15) is 5.75 Å². The number of hydrogen-bond donors (Lipinski definition) is 0. The van der Waals surface area contributed by atoms with Gasteiger partial charge in [-0.1, -0.05) is 29.5 Å². The van der Waals surface area contributed by atoms with E-state index < -0.39 is 18.0 Å². The van der Waals surface area contributed by atoms with Crippen LogP contribution in [0.1, 0.15) is 44.9 Å². The third kappa shape index (κ3) is 5.40. The third-order valence-corrected chi connectivity index (χ3v) is 6.74. The summed E-state index contributed by atoms with van der Waals surface area (Å²) >= 11 is 1.21. The van der Waals surface area contributed by atoms with E-state index in [1.165, 1.54) is 29.9 Å². The minimum absolute atomic E-state index is 0.280. The smallest absolute Gasteiger partial charge is 0.338 e. The van der Waals surface area contributed by atoms with Crippen molar-refractivity contribution in [3.05, 3.63) is 84.5 Å². The van der Waals surface area contributed by atoms with Crippen LogP contribution in [-0.2, 0) is 14.3 Å². The fourth-order valence-corrected chi connectivity index (χ4v) is 5.17. The van der Waals surface area contributed by atoms with Crippen LogP contribution in [0, 0.1) is 0 Å². The van der Waals surface area contributed by atoms with Gasteiger partial charge in [0, 0.05) is 6.92 Å². The van der Waals surface area contributed by atoms with Gasteiger partial charge in [-0.2, -0.15) is 0 Å². The zero-order valence-electron chi connectivity index (χ0n) is 21.9. The molecule has 0 bridgehead atoms. The number of allylic oxidation sites excluding steroid dienone is 1. The number of hydrogen-bond acceptors (Lipinski definition) is 9. The highest BCUT2D eigenvalue weighted by atomic mass is 32.1. The Kier molecular flexibility index (Phi) is 7.82. The van der Waals surface area contributed by atoms with Crippen molar-refractivity contribution in [3.63, 3.8) is 0 Å². The maximum absolute atomic E-state index is 13.8. The van der Waals surface area contributed by atoms with Crippen LogP contribution < -0.4 is 29.1 Å². The number of thiazole rings is 1. The van der Waals surface area contributed by atoms with Gasteiger partial charge in [-0.05, 0) is 62.2 Å². The van der Waals surface area contributed by atoms with Crippen molar-refractivity contribution in [2.45, 2.75) is 39.8 Å². The first kappa shape index (κ1) is 26.9. The molecule has 4 rings (SSSR count). The predicted octanol–water partition coefficient (Wildman–Crippen LogP) is 3.13. The van der Waals surface area contributed by atoms with Crippen LogP contribution in [0.2, 0.25) is 0 Å². The van der Waals surface area contributed by atoms with Crippen LogP contribution in [0.25, 0.3) is 6.08 Å². The second-order valence-electron chi connectivity index (χ2n) is 8.81. The van der Waals surface area contributed by atoms with Crippen molar-refractivity contribution < 1.29 is 28.5 Å². The van der Waals surface area contributed by atoms with E-state index in [0.29, 0.717) is 37.7 Å². The minimum atomic E-state index is -0.730.